The Labute approximate surface area is 132 Å². The van der Waals surface area contributed by atoms with E-state index < -0.39 is 11.2 Å². The van der Waals surface area contributed by atoms with Gasteiger partial charge >= 0.3 is 5.69 Å². The van der Waals surface area contributed by atoms with Crippen molar-refractivity contribution in [2.75, 3.05) is 19.6 Å². The average molecular weight is 320 g/mol. The van der Waals surface area contributed by atoms with Crippen LogP contribution in [0.4, 0.5) is 0 Å². The lowest BCUT2D eigenvalue weighted by atomic mass is 10.2. The molecule has 1 amide bonds. The first-order valence-corrected chi connectivity index (χ1v) is 7.53. The molecule has 1 fully saturated rings. The molecule has 0 unspecified atom stereocenters. The highest BCUT2D eigenvalue weighted by Gasteiger charge is 2.24. The Bertz CT molecular complexity index is 877. The van der Waals surface area contributed by atoms with Gasteiger partial charge < -0.3 is 14.8 Å². The molecule has 3 rings (SSSR count). The van der Waals surface area contributed by atoms with Crippen LogP contribution in [0.15, 0.2) is 15.9 Å². The van der Waals surface area contributed by atoms with Gasteiger partial charge in [0.25, 0.3) is 5.56 Å². The molecule has 9 heteroatoms. The SMILES string of the molecule is C[C@@H]1CNCCN1C(=O)Cn1cnc2c1c(=O)n(C)c(=O)n2C. The van der Waals surface area contributed by atoms with E-state index in [1.165, 1.54) is 22.5 Å². The predicted molar refractivity (Wildman–Crippen MR) is 84.3 cm³/mol. The molecule has 0 bridgehead atoms. The van der Waals surface area contributed by atoms with Crippen molar-refractivity contribution in [3.8, 4) is 0 Å². The molecular weight excluding hydrogens is 300 g/mol. The molecule has 2 aromatic heterocycles. The molecule has 0 spiro atoms. The second-order valence-corrected chi connectivity index (χ2v) is 5.89. The number of carbonyl (C=O) groups is 1. The Morgan fingerprint density at radius 2 is 2.09 bits per heavy atom. The Morgan fingerprint density at radius 3 is 2.78 bits per heavy atom. The summed E-state index contributed by atoms with van der Waals surface area (Å²) in [6.07, 6.45) is 1.44. The van der Waals surface area contributed by atoms with E-state index >= 15 is 0 Å². The molecule has 0 radical (unpaired) electrons. The lowest BCUT2D eigenvalue weighted by molar-refractivity contribution is -0.134. The van der Waals surface area contributed by atoms with Gasteiger partial charge in [0, 0.05) is 39.8 Å². The summed E-state index contributed by atoms with van der Waals surface area (Å²) in [5.41, 5.74) is -0.318. The van der Waals surface area contributed by atoms with E-state index in [1.54, 1.807) is 11.9 Å². The lowest BCUT2D eigenvalue weighted by Crippen LogP contribution is -2.53. The van der Waals surface area contributed by atoms with Crippen molar-refractivity contribution in [3.63, 3.8) is 0 Å². The summed E-state index contributed by atoms with van der Waals surface area (Å²) < 4.78 is 3.86. The number of nitrogens with zero attached hydrogens (tertiary/aromatic N) is 5. The zero-order valence-corrected chi connectivity index (χ0v) is 13.4. The van der Waals surface area contributed by atoms with Crippen molar-refractivity contribution < 1.29 is 4.79 Å². The van der Waals surface area contributed by atoms with Crippen molar-refractivity contribution in [1.29, 1.82) is 0 Å². The number of nitrogens with one attached hydrogen (secondary N) is 1. The summed E-state index contributed by atoms with van der Waals surface area (Å²) in [4.78, 5) is 42.7. The molecule has 0 aliphatic carbocycles. The predicted octanol–water partition coefficient (Wildman–Crippen LogP) is -1.75. The number of aryl methyl sites for hydroxylation is 1. The Morgan fingerprint density at radius 1 is 1.35 bits per heavy atom. The van der Waals surface area contributed by atoms with Crippen molar-refractivity contribution in [1.82, 2.24) is 28.9 Å². The fourth-order valence-electron chi connectivity index (χ4n) is 2.96. The highest BCUT2D eigenvalue weighted by molar-refractivity contribution is 5.79. The van der Waals surface area contributed by atoms with E-state index in [2.05, 4.69) is 10.3 Å². The van der Waals surface area contributed by atoms with Gasteiger partial charge in [-0.15, -0.1) is 0 Å². The van der Waals surface area contributed by atoms with E-state index in [1.807, 2.05) is 6.92 Å². The van der Waals surface area contributed by atoms with E-state index in [4.69, 9.17) is 0 Å². The first kappa shape index (κ1) is 15.5. The summed E-state index contributed by atoms with van der Waals surface area (Å²) in [6.45, 7) is 4.18. The summed E-state index contributed by atoms with van der Waals surface area (Å²) in [7, 11) is 2.98. The summed E-state index contributed by atoms with van der Waals surface area (Å²) >= 11 is 0. The molecule has 1 aliphatic heterocycles. The second kappa shape index (κ2) is 5.65. The van der Waals surface area contributed by atoms with E-state index in [9.17, 15) is 14.4 Å². The fourth-order valence-corrected chi connectivity index (χ4v) is 2.96. The third kappa shape index (κ3) is 2.46. The Hall–Kier alpha value is -2.42. The zero-order valence-electron chi connectivity index (χ0n) is 13.4. The number of hydrogen-bond acceptors (Lipinski definition) is 5. The molecule has 124 valence electrons. The highest BCUT2D eigenvalue weighted by atomic mass is 16.2. The Balaban J connectivity index is 2.00. The van der Waals surface area contributed by atoms with Gasteiger partial charge in [0.2, 0.25) is 5.91 Å². The van der Waals surface area contributed by atoms with E-state index in [-0.39, 0.29) is 24.0 Å². The van der Waals surface area contributed by atoms with Crippen LogP contribution in [0, 0.1) is 0 Å². The summed E-state index contributed by atoms with van der Waals surface area (Å²) in [5.74, 6) is -0.0609. The third-order valence-corrected chi connectivity index (χ3v) is 4.34. The van der Waals surface area contributed by atoms with E-state index in [0.717, 1.165) is 17.7 Å². The first-order valence-electron chi connectivity index (χ1n) is 7.53. The number of rotatable bonds is 2. The van der Waals surface area contributed by atoms with Crippen molar-refractivity contribution >= 4 is 17.1 Å². The van der Waals surface area contributed by atoms with Crippen molar-refractivity contribution in [3.05, 3.63) is 27.2 Å². The molecule has 1 N–H and O–H groups in total. The van der Waals surface area contributed by atoms with Gasteiger partial charge in [-0.2, -0.15) is 0 Å². The molecule has 2 aromatic rings. The minimum absolute atomic E-state index is 0.0360. The van der Waals surface area contributed by atoms with Crippen molar-refractivity contribution in [2.24, 2.45) is 14.1 Å². The zero-order chi connectivity index (χ0) is 16.7. The average Bonchev–Trinajstić information content (AvgIpc) is 2.95. The van der Waals surface area contributed by atoms with Gasteiger partial charge in [0.05, 0.1) is 6.33 Å². The number of hydrogen-bond donors (Lipinski definition) is 1. The van der Waals surface area contributed by atoms with Crippen LogP contribution < -0.4 is 16.6 Å². The van der Waals surface area contributed by atoms with Gasteiger partial charge in [-0.25, -0.2) is 9.78 Å². The van der Waals surface area contributed by atoms with Gasteiger partial charge in [-0.3, -0.25) is 18.7 Å². The molecule has 1 saturated heterocycles. The maximum absolute atomic E-state index is 12.5. The van der Waals surface area contributed by atoms with Crippen LogP contribution in [-0.4, -0.2) is 55.2 Å². The second-order valence-electron chi connectivity index (χ2n) is 5.89. The van der Waals surface area contributed by atoms with Crippen LogP contribution in [0.1, 0.15) is 6.92 Å². The molecule has 0 saturated carbocycles. The van der Waals surface area contributed by atoms with Gasteiger partial charge in [0.15, 0.2) is 11.2 Å². The molecule has 0 aromatic carbocycles. The van der Waals surface area contributed by atoms with Gasteiger partial charge in [-0.1, -0.05) is 0 Å². The normalized spacial score (nSPS) is 18.6. The summed E-state index contributed by atoms with van der Waals surface area (Å²) in [5, 5.41) is 3.23. The third-order valence-electron chi connectivity index (χ3n) is 4.34. The molecule has 1 aliphatic rings. The molecule has 23 heavy (non-hydrogen) atoms. The highest BCUT2D eigenvalue weighted by Crippen LogP contribution is 2.09. The van der Waals surface area contributed by atoms with Crippen LogP contribution >= 0.6 is 0 Å². The van der Waals surface area contributed by atoms with Gasteiger partial charge in [0.1, 0.15) is 6.54 Å². The van der Waals surface area contributed by atoms with Gasteiger partial charge in [-0.05, 0) is 6.92 Å². The van der Waals surface area contributed by atoms with Crippen molar-refractivity contribution in [2.45, 2.75) is 19.5 Å². The maximum atomic E-state index is 12.5. The molecular formula is C14H20N6O3. The largest absolute Gasteiger partial charge is 0.336 e. The summed E-state index contributed by atoms with van der Waals surface area (Å²) in [6, 6.07) is 0.109. The number of piperazine rings is 1. The van der Waals surface area contributed by atoms with Crippen LogP contribution in [0.3, 0.4) is 0 Å². The number of carbonyl (C=O) groups excluding carboxylic acids is 1. The maximum Gasteiger partial charge on any atom is 0.332 e. The monoisotopic (exact) mass is 320 g/mol. The number of aromatic nitrogens is 4. The number of imidazole rings is 1. The quantitative estimate of drug-likeness (QED) is 0.708. The fraction of sp³-hybridized carbons (Fsp3) is 0.571. The lowest BCUT2D eigenvalue weighted by Gasteiger charge is -2.34. The van der Waals surface area contributed by atoms with Crippen LogP contribution in [0.2, 0.25) is 0 Å². The van der Waals surface area contributed by atoms with Crippen LogP contribution in [-0.2, 0) is 25.4 Å². The minimum Gasteiger partial charge on any atom is -0.336 e. The Kier molecular flexibility index (Phi) is 3.80. The van der Waals surface area contributed by atoms with Crippen LogP contribution in [0.5, 0.6) is 0 Å². The number of fused-ring (bicyclic) bond motifs is 1. The standard InChI is InChI=1S/C14H20N6O3/c1-9-6-15-4-5-20(9)10(21)7-19-8-16-12-11(19)13(22)18(3)14(23)17(12)2/h8-9,15H,4-7H2,1-3H3/t9-/m1/s1. The van der Waals surface area contributed by atoms with Crippen LogP contribution in [0.25, 0.3) is 11.2 Å². The smallest absolute Gasteiger partial charge is 0.332 e. The topological polar surface area (TPSA) is 94.2 Å². The first-order chi connectivity index (χ1) is 10.9. The number of amides is 1. The van der Waals surface area contributed by atoms with E-state index in [0.29, 0.717) is 12.2 Å². The molecule has 9 nitrogen and oxygen atoms in total. The molecule has 3 heterocycles. The molecule has 1 atom stereocenters. The minimum atomic E-state index is -0.443.